The molecule has 0 radical (unpaired) electrons. The molecule has 1 saturated heterocycles. The Hall–Kier alpha value is -2.68. The van der Waals surface area contributed by atoms with Crippen molar-refractivity contribution in [3.05, 3.63) is 33.9 Å². The number of nitrogens with one attached hydrogen (secondary N) is 2. The molecule has 1 aliphatic heterocycles. The second-order valence-electron chi connectivity index (χ2n) is 4.60. The first kappa shape index (κ1) is 14.7. The van der Waals surface area contributed by atoms with Gasteiger partial charge in [-0.15, -0.1) is 0 Å². The van der Waals surface area contributed by atoms with Crippen LogP contribution >= 0.6 is 0 Å². The van der Waals surface area contributed by atoms with Gasteiger partial charge in [-0.1, -0.05) is 0 Å². The van der Waals surface area contributed by atoms with Gasteiger partial charge in [-0.25, -0.2) is 0 Å². The van der Waals surface area contributed by atoms with Crippen molar-refractivity contribution in [1.29, 1.82) is 0 Å². The minimum atomic E-state index is -0.642. The summed E-state index contributed by atoms with van der Waals surface area (Å²) >= 11 is 0. The molecule has 1 heterocycles. The van der Waals surface area contributed by atoms with E-state index in [2.05, 4.69) is 10.7 Å². The number of hydrogen-bond donors (Lipinski definition) is 3. The Morgan fingerprint density at radius 1 is 1.57 bits per heavy atom. The van der Waals surface area contributed by atoms with E-state index in [4.69, 9.17) is 5.84 Å². The van der Waals surface area contributed by atoms with E-state index in [-0.39, 0.29) is 22.8 Å². The van der Waals surface area contributed by atoms with Gasteiger partial charge in [0.1, 0.15) is 6.04 Å². The third-order valence-corrected chi connectivity index (χ3v) is 3.36. The highest BCUT2D eigenvalue weighted by Crippen LogP contribution is 2.24. The highest BCUT2D eigenvalue weighted by atomic mass is 16.6. The van der Waals surface area contributed by atoms with Gasteiger partial charge in [-0.2, -0.15) is 0 Å². The molecule has 0 bridgehead atoms. The minimum Gasteiger partial charge on any atom is -0.353 e. The van der Waals surface area contributed by atoms with Crippen LogP contribution in [-0.4, -0.2) is 40.8 Å². The lowest BCUT2D eigenvalue weighted by Crippen LogP contribution is -2.55. The SMILES string of the molecule is CC1C(=O)NCCN1C(=O)c1cc([N+](=O)[O-])ccc1NN. The third kappa shape index (κ3) is 2.77. The predicted molar refractivity (Wildman–Crippen MR) is 74.4 cm³/mol. The topological polar surface area (TPSA) is 131 Å². The van der Waals surface area contributed by atoms with Crippen molar-refractivity contribution < 1.29 is 14.5 Å². The number of carbonyl (C=O) groups is 2. The van der Waals surface area contributed by atoms with Gasteiger partial charge in [0.2, 0.25) is 5.91 Å². The zero-order valence-electron chi connectivity index (χ0n) is 11.3. The van der Waals surface area contributed by atoms with Crippen LogP contribution in [0.1, 0.15) is 17.3 Å². The molecular formula is C12H15N5O4. The predicted octanol–water partition coefficient (Wildman–Crippen LogP) is -0.159. The summed E-state index contributed by atoms with van der Waals surface area (Å²) in [6.07, 6.45) is 0. The second kappa shape index (κ2) is 5.75. The van der Waals surface area contributed by atoms with Crippen molar-refractivity contribution >= 4 is 23.2 Å². The number of piperazine rings is 1. The molecule has 9 heteroatoms. The zero-order valence-corrected chi connectivity index (χ0v) is 11.3. The molecule has 1 aliphatic rings. The Kier molecular flexibility index (Phi) is 4.03. The first-order valence-corrected chi connectivity index (χ1v) is 6.29. The number of hydrazine groups is 1. The molecule has 2 amide bonds. The van der Waals surface area contributed by atoms with Gasteiger partial charge in [0.25, 0.3) is 11.6 Å². The van der Waals surface area contributed by atoms with Crippen molar-refractivity contribution in [1.82, 2.24) is 10.2 Å². The highest BCUT2D eigenvalue weighted by molar-refractivity contribution is 6.02. The lowest BCUT2D eigenvalue weighted by atomic mass is 10.1. The Morgan fingerprint density at radius 2 is 2.29 bits per heavy atom. The van der Waals surface area contributed by atoms with Crippen LogP contribution < -0.4 is 16.6 Å². The molecule has 0 aliphatic carbocycles. The normalized spacial score (nSPS) is 18.1. The fraction of sp³-hybridized carbons (Fsp3) is 0.333. The number of nitro groups is 1. The highest BCUT2D eigenvalue weighted by Gasteiger charge is 2.31. The Labute approximate surface area is 120 Å². The number of nitrogens with two attached hydrogens (primary N) is 1. The zero-order chi connectivity index (χ0) is 15.6. The number of amides is 2. The molecule has 112 valence electrons. The molecule has 9 nitrogen and oxygen atoms in total. The summed E-state index contributed by atoms with van der Waals surface area (Å²) in [7, 11) is 0. The van der Waals surface area contributed by atoms with Gasteiger partial charge < -0.3 is 15.6 Å². The maximum atomic E-state index is 12.5. The number of rotatable bonds is 3. The molecule has 4 N–H and O–H groups in total. The fourth-order valence-electron chi connectivity index (χ4n) is 2.16. The van der Waals surface area contributed by atoms with Crippen LogP contribution in [0.5, 0.6) is 0 Å². The third-order valence-electron chi connectivity index (χ3n) is 3.36. The largest absolute Gasteiger partial charge is 0.353 e. The van der Waals surface area contributed by atoms with Crippen molar-refractivity contribution in [2.75, 3.05) is 18.5 Å². The number of nitro benzene ring substituents is 1. The fourth-order valence-corrected chi connectivity index (χ4v) is 2.16. The van der Waals surface area contributed by atoms with E-state index in [0.717, 1.165) is 6.07 Å². The van der Waals surface area contributed by atoms with Crippen molar-refractivity contribution in [2.24, 2.45) is 5.84 Å². The number of nitrogen functional groups attached to an aromatic ring is 1. The molecule has 1 unspecified atom stereocenters. The lowest BCUT2D eigenvalue weighted by molar-refractivity contribution is -0.384. The number of hydrogen-bond acceptors (Lipinski definition) is 6. The molecule has 0 saturated carbocycles. The summed E-state index contributed by atoms with van der Waals surface area (Å²) < 4.78 is 0. The van der Waals surface area contributed by atoms with Crippen LogP contribution in [0.25, 0.3) is 0 Å². The van der Waals surface area contributed by atoms with Crippen molar-refractivity contribution in [2.45, 2.75) is 13.0 Å². The second-order valence-corrected chi connectivity index (χ2v) is 4.60. The monoisotopic (exact) mass is 293 g/mol. The number of carbonyl (C=O) groups excluding carboxylic acids is 2. The smallest absolute Gasteiger partial charge is 0.270 e. The van der Waals surface area contributed by atoms with Gasteiger partial charge in [0, 0.05) is 25.2 Å². The molecule has 0 aromatic heterocycles. The number of nitrogens with zero attached hydrogens (tertiary/aromatic N) is 2. The first-order chi connectivity index (χ1) is 9.95. The van der Waals surface area contributed by atoms with E-state index in [0.29, 0.717) is 13.1 Å². The Balaban J connectivity index is 2.39. The van der Waals surface area contributed by atoms with Crippen LogP contribution in [0, 0.1) is 10.1 Å². The van der Waals surface area contributed by atoms with Crippen LogP contribution in [0.4, 0.5) is 11.4 Å². The Bertz CT molecular complexity index is 603. The average Bonchev–Trinajstić information content (AvgIpc) is 2.48. The van der Waals surface area contributed by atoms with E-state index in [1.165, 1.54) is 17.0 Å². The summed E-state index contributed by atoms with van der Waals surface area (Å²) in [5.41, 5.74) is 2.45. The van der Waals surface area contributed by atoms with Gasteiger partial charge >= 0.3 is 0 Å². The molecule has 21 heavy (non-hydrogen) atoms. The van der Waals surface area contributed by atoms with E-state index in [9.17, 15) is 19.7 Å². The molecule has 1 atom stereocenters. The van der Waals surface area contributed by atoms with Crippen LogP contribution in [0.2, 0.25) is 0 Å². The summed E-state index contributed by atoms with van der Waals surface area (Å²) in [6, 6.07) is 3.12. The molecular weight excluding hydrogens is 278 g/mol. The standard InChI is InChI=1S/C12H15N5O4/c1-7-11(18)14-4-5-16(7)12(19)9-6-8(17(20)21)2-3-10(9)15-13/h2-3,6-7,15H,4-5,13H2,1H3,(H,14,18). The summed E-state index contributed by atoms with van der Waals surface area (Å²) in [5.74, 6) is 4.60. The molecule has 0 spiro atoms. The van der Waals surface area contributed by atoms with E-state index < -0.39 is 16.9 Å². The van der Waals surface area contributed by atoms with Crippen molar-refractivity contribution in [3.63, 3.8) is 0 Å². The van der Waals surface area contributed by atoms with Gasteiger partial charge in [0.05, 0.1) is 16.2 Å². The quantitative estimate of drug-likeness (QED) is 0.403. The molecule has 1 aromatic rings. The molecule has 1 fully saturated rings. The van der Waals surface area contributed by atoms with E-state index >= 15 is 0 Å². The van der Waals surface area contributed by atoms with Crippen LogP contribution in [0.3, 0.4) is 0 Å². The van der Waals surface area contributed by atoms with Gasteiger partial charge in [-0.3, -0.25) is 25.5 Å². The summed E-state index contributed by atoms with van der Waals surface area (Å²) in [4.78, 5) is 35.8. The number of anilines is 1. The lowest BCUT2D eigenvalue weighted by Gasteiger charge is -2.33. The minimum absolute atomic E-state index is 0.0632. The molecule has 2 rings (SSSR count). The average molecular weight is 293 g/mol. The number of benzene rings is 1. The van der Waals surface area contributed by atoms with Gasteiger partial charge in [0.15, 0.2) is 0 Å². The van der Waals surface area contributed by atoms with Crippen molar-refractivity contribution in [3.8, 4) is 0 Å². The summed E-state index contributed by atoms with van der Waals surface area (Å²) in [5, 5.41) is 13.5. The maximum Gasteiger partial charge on any atom is 0.270 e. The maximum absolute atomic E-state index is 12.5. The Morgan fingerprint density at radius 3 is 2.90 bits per heavy atom. The van der Waals surface area contributed by atoms with E-state index in [1.54, 1.807) is 6.92 Å². The van der Waals surface area contributed by atoms with Gasteiger partial charge in [-0.05, 0) is 13.0 Å². The summed E-state index contributed by atoms with van der Waals surface area (Å²) in [6.45, 7) is 2.27. The number of non-ortho nitro benzene ring substituents is 1. The van der Waals surface area contributed by atoms with Crippen LogP contribution in [-0.2, 0) is 4.79 Å². The van der Waals surface area contributed by atoms with Crippen LogP contribution in [0.15, 0.2) is 18.2 Å². The first-order valence-electron chi connectivity index (χ1n) is 6.29. The molecule has 1 aromatic carbocycles. The van der Waals surface area contributed by atoms with E-state index in [1.807, 2.05) is 0 Å².